The summed E-state index contributed by atoms with van der Waals surface area (Å²) in [6.07, 6.45) is 0. The molecular weight excluding hydrogens is 463 g/mol. The van der Waals surface area contributed by atoms with E-state index in [0.717, 1.165) is 6.07 Å². The van der Waals surface area contributed by atoms with Gasteiger partial charge in [0.05, 0.1) is 26.2 Å². The molecule has 0 fully saturated rings. The maximum Gasteiger partial charge on any atom is 0.262 e. The fourth-order valence-electron chi connectivity index (χ4n) is 3.32. The summed E-state index contributed by atoms with van der Waals surface area (Å²) < 4.78 is 57.4. The third-order valence-electron chi connectivity index (χ3n) is 4.99. The Morgan fingerprint density at radius 1 is 0.941 bits per heavy atom. The Labute approximate surface area is 197 Å². The number of rotatable bonds is 9. The molecule has 8 nitrogen and oxygen atoms in total. The van der Waals surface area contributed by atoms with Crippen LogP contribution >= 0.6 is 0 Å². The normalized spacial score (nSPS) is 11.0. The highest BCUT2D eigenvalue weighted by Crippen LogP contribution is 2.38. The number of halogens is 1. The van der Waals surface area contributed by atoms with Gasteiger partial charge < -0.3 is 19.5 Å². The highest BCUT2D eigenvalue weighted by Gasteiger charge is 2.19. The summed E-state index contributed by atoms with van der Waals surface area (Å²) >= 11 is 0. The number of aryl methyl sites for hydroxylation is 1. The minimum absolute atomic E-state index is 0.161. The molecule has 0 unspecified atom stereocenters. The number of sulfonamides is 1. The van der Waals surface area contributed by atoms with Gasteiger partial charge in [-0.1, -0.05) is 12.1 Å². The van der Waals surface area contributed by atoms with Gasteiger partial charge in [-0.25, -0.2) is 12.8 Å². The van der Waals surface area contributed by atoms with Gasteiger partial charge in [0.2, 0.25) is 5.75 Å². The first-order chi connectivity index (χ1) is 16.2. The molecule has 34 heavy (non-hydrogen) atoms. The van der Waals surface area contributed by atoms with E-state index in [1.54, 1.807) is 31.2 Å². The third kappa shape index (κ3) is 5.57. The Balaban J connectivity index is 1.76. The highest BCUT2D eigenvalue weighted by molar-refractivity contribution is 7.92. The lowest BCUT2D eigenvalue weighted by Crippen LogP contribution is -2.23. The zero-order valence-electron chi connectivity index (χ0n) is 19.1. The molecule has 0 saturated heterocycles. The summed E-state index contributed by atoms with van der Waals surface area (Å²) in [5.41, 5.74) is 1.52. The molecule has 0 atom stereocenters. The number of amides is 1. The first kappa shape index (κ1) is 24.8. The van der Waals surface area contributed by atoms with Crippen LogP contribution in [0.4, 0.5) is 10.1 Å². The van der Waals surface area contributed by atoms with Gasteiger partial charge >= 0.3 is 0 Å². The van der Waals surface area contributed by atoms with Gasteiger partial charge in [0.25, 0.3) is 15.9 Å². The highest BCUT2D eigenvalue weighted by atomic mass is 32.2. The second kappa shape index (κ2) is 10.4. The Hall–Kier alpha value is -3.79. The maximum absolute atomic E-state index is 13.6. The molecule has 10 heteroatoms. The van der Waals surface area contributed by atoms with Crippen molar-refractivity contribution in [2.75, 3.05) is 26.1 Å². The van der Waals surface area contributed by atoms with E-state index in [9.17, 15) is 17.6 Å². The summed E-state index contributed by atoms with van der Waals surface area (Å²) in [5, 5.41) is 2.78. The summed E-state index contributed by atoms with van der Waals surface area (Å²) in [4.78, 5) is 12.5. The SMILES string of the molecule is COc1cc(CNC(=O)c2cccc(NS(=O)(=O)c3cc(F)ccc3C)c2)cc(OC)c1OC. The molecule has 0 aliphatic heterocycles. The number of carbonyl (C=O) groups is 1. The van der Waals surface area contributed by atoms with Crippen LogP contribution in [-0.4, -0.2) is 35.7 Å². The van der Waals surface area contributed by atoms with Crippen LogP contribution in [0.1, 0.15) is 21.5 Å². The van der Waals surface area contributed by atoms with Crippen LogP contribution in [0.2, 0.25) is 0 Å². The average molecular weight is 489 g/mol. The van der Waals surface area contributed by atoms with Crippen LogP contribution in [0.15, 0.2) is 59.5 Å². The predicted molar refractivity (Wildman–Crippen MR) is 126 cm³/mol. The Morgan fingerprint density at radius 2 is 1.62 bits per heavy atom. The minimum atomic E-state index is -4.05. The molecule has 0 saturated carbocycles. The van der Waals surface area contributed by atoms with Crippen molar-refractivity contribution in [3.05, 3.63) is 77.1 Å². The fourth-order valence-corrected chi connectivity index (χ4v) is 4.63. The molecule has 3 rings (SSSR count). The lowest BCUT2D eigenvalue weighted by Gasteiger charge is -2.15. The van der Waals surface area contributed by atoms with Crippen molar-refractivity contribution in [3.63, 3.8) is 0 Å². The first-order valence-corrected chi connectivity index (χ1v) is 11.6. The van der Waals surface area contributed by atoms with Crippen molar-refractivity contribution < 1.29 is 31.8 Å². The van der Waals surface area contributed by atoms with Crippen LogP contribution in [-0.2, 0) is 16.6 Å². The van der Waals surface area contributed by atoms with Crippen LogP contribution in [0.3, 0.4) is 0 Å². The molecule has 0 aromatic heterocycles. The van der Waals surface area contributed by atoms with Crippen LogP contribution in [0.25, 0.3) is 0 Å². The van der Waals surface area contributed by atoms with Gasteiger partial charge in [0.1, 0.15) is 5.82 Å². The first-order valence-electron chi connectivity index (χ1n) is 10.1. The molecule has 2 N–H and O–H groups in total. The summed E-state index contributed by atoms with van der Waals surface area (Å²) in [7, 11) is 0.446. The lowest BCUT2D eigenvalue weighted by atomic mass is 10.1. The summed E-state index contributed by atoms with van der Waals surface area (Å²) in [5.74, 6) is 0.265. The molecule has 3 aromatic carbocycles. The van der Waals surface area contributed by atoms with Crippen molar-refractivity contribution >= 4 is 21.6 Å². The van der Waals surface area contributed by atoms with Crippen LogP contribution in [0.5, 0.6) is 17.2 Å². The number of anilines is 1. The quantitative estimate of drug-likeness (QED) is 0.474. The third-order valence-corrected chi connectivity index (χ3v) is 6.52. The van der Waals surface area contributed by atoms with Gasteiger partial charge in [-0.3, -0.25) is 9.52 Å². The number of carbonyl (C=O) groups excluding carboxylic acids is 1. The van der Waals surface area contributed by atoms with Crippen molar-refractivity contribution in [3.8, 4) is 17.2 Å². The zero-order valence-corrected chi connectivity index (χ0v) is 20.0. The largest absolute Gasteiger partial charge is 0.493 e. The number of nitrogens with one attached hydrogen (secondary N) is 2. The van der Waals surface area contributed by atoms with Gasteiger partial charge in [-0.2, -0.15) is 0 Å². The maximum atomic E-state index is 13.6. The van der Waals surface area contributed by atoms with Crippen molar-refractivity contribution in [1.29, 1.82) is 0 Å². The number of ether oxygens (including phenoxy) is 3. The summed E-state index contributed by atoms with van der Waals surface area (Å²) in [6, 6.07) is 13.0. The molecule has 0 aliphatic rings. The smallest absolute Gasteiger partial charge is 0.262 e. The van der Waals surface area contributed by atoms with Gasteiger partial charge in [-0.05, 0) is 60.5 Å². The van der Waals surface area contributed by atoms with Crippen LogP contribution < -0.4 is 24.2 Å². The van der Waals surface area contributed by atoms with Crippen molar-refractivity contribution in [2.24, 2.45) is 0 Å². The van der Waals surface area contributed by atoms with Gasteiger partial charge in [-0.15, -0.1) is 0 Å². The zero-order chi connectivity index (χ0) is 24.9. The average Bonchev–Trinajstić information content (AvgIpc) is 2.82. The van der Waals surface area contributed by atoms with E-state index >= 15 is 0 Å². The van der Waals surface area contributed by atoms with E-state index in [0.29, 0.717) is 28.4 Å². The van der Waals surface area contributed by atoms with Gasteiger partial charge in [0.15, 0.2) is 11.5 Å². The molecule has 0 radical (unpaired) electrons. The Morgan fingerprint density at radius 3 is 2.24 bits per heavy atom. The summed E-state index contributed by atoms with van der Waals surface area (Å²) in [6.45, 7) is 1.73. The van der Waals surface area contributed by atoms with E-state index in [1.807, 2.05) is 0 Å². The molecule has 180 valence electrons. The number of hydrogen-bond acceptors (Lipinski definition) is 6. The number of methoxy groups -OCH3 is 3. The molecule has 0 spiro atoms. The second-order valence-corrected chi connectivity index (χ2v) is 8.96. The van der Waals surface area contributed by atoms with Gasteiger partial charge in [0, 0.05) is 17.8 Å². The number of hydrogen-bond donors (Lipinski definition) is 2. The van der Waals surface area contributed by atoms with E-state index < -0.39 is 21.7 Å². The van der Waals surface area contributed by atoms with Crippen LogP contribution in [0, 0.1) is 12.7 Å². The topological polar surface area (TPSA) is 103 Å². The van der Waals surface area contributed by atoms with Crippen molar-refractivity contribution in [2.45, 2.75) is 18.4 Å². The molecule has 0 heterocycles. The minimum Gasteiger partial charge on any atom is -0.493 e. The van der Waals surface area contributed by atoms with Crippen molar-refractivity contribution in [1.82, 2.24) is 5.32 Å². The van der Waals surface area contributed by atoms with E-state index in [1.165, 1.54) is 45.6 Å². The molecule has 0 aliphatic carbocycles. The molecular formula is C24H25FN2O6S. The van der Waals surface area contributed by atoms with E-state index in [2.05, 4.69) is 10.0 Å². The Bertz CT molecular complexity index is 1290. The molecule has 0 bridgehead atoms. The van der Waals surface area contributed by atoms with E-state index in [4.69, 9.17) is 14.2 Å². The lowest BCUT2D eigenvalue weighted by molar-refractivity contribution is 0.0951. The standard InChI is InChI=1S/C24H25FN2O6S/c1-15-8-9-18(25)13-22(15)34(29,30)27-19-7-5-6-17(12-19)24(28)26-14-16-10-20(31-2)23(33-4)21(11-16)32-3/h5-13,27H,14H2,1-4H3,(H,26,28). The predicted octanol–water partition coefficient (Wildman–Crippen LogP) is 3.89. The monoisotopic (exact) mass is 488 g/mol. The molecule has 1 amide bonds. The molecule has 3 aromatic rings. The fraction of sp³-hybridized carbons (Fsp3) is 0.208. The van der Waals surface area contributed by atoms with E-state index in [-0.39, 0.29) is 22.7 Å². The second-order valence-electron chi connectivity index (χ2n) is 7.31. The number of benzene rings is 3. The Kier molecular flexibility index (Phi) is 7.62.